The van der Waals surface area contributed by atoms with Gasteiger partial charge in [0, 0.05) is 17.1 Å². The van der Waals surface area contributed by atoms with E-state index in [1.165, 1.54) is 42.8 Å². The van der Waals surface area contributed by atoms with E-state index in [1.54, 1.807) is 26.8 Å². The van der Waals surface area contributed by atoms with Gasteiger partial charge in [-0.15, -0.1) is 0 Å². The summed E-state index contributed by atoms with van der Waals surface area (Å²) >= 11 is 0. The summed E-state index contributed by atoms with van der Waals surface area (Å²) in [4.78, 5) is 31.4. The molecule has 1 unspecified atom stereocenters. The van der Waals surface area contributed by atoms with Crippen LogP contribution >= 0.6 is 0 Å². The molecule has 1 atom stereocenters. The summed E-state index contributed by atoms with van der Waals surface area (Å²) in [6.45, 7) is 8.05. The van der Waals surface area contributed by atoms with Gasteiger partial charge < -0.3 is 5.32 Å². The number of nitrogens with one attached hydrogen (secondary N) is 2. The van der Waals surface area contributed by atoms with E-state index < -0.39 is 26.9 Å². The number of anilines is 2. The monoisotopic (exact) mass is 473 g/mol. The zero-order chi connectivity index (χ0) is 24.5. The summed E-state index contributed by atoms with van der Waals surface area (Å²) in [5.41, 5.74) is 1.95. The van der Waals surface area contributed by atoms with Crippen molar-refractivity contribution in [3.8, 4) is 0 Å². The first-order chi connectivity index (χ1) is 15.4. The van der Waals surface area contributed by atoms with Crippen LogP contribution in [0.2, 0.25) is 0 Å². The lowest BCUT2D eigenvalue weighted by atomic mass is 10.2. The highest BCUT2D eigenvalue weighted by atomic mass is 32.2. The van der Waals surface area contributed by atoms with Crippen LogP contribution in [-0.4, -0.2) is 39.0 Å². The summed E-state index contributed by atoms with van der Waals surface area (Å²) in [6, 6.07) is 6.43. The van der Waals surface area contributed by atoms with Gasteiger partial charge in [0.2, 0.25) is 11.9 Å². The van der Waals surface area contributed by atoms with Crippen molar-refractivity contribution in [2.75, 3.05) is 10.0 Å². The van der Waals surface area contributed by atoms with Gasteiger partial charge in [-0.25, -0.2) is 23.1 Å². The van der Waals surface area contributed by atoms with Gasteiger partial charge in [-0.2, -0.15) is 5.10 Å². The van der Waals surface area contributed by atoms with Gasteiger partial charge in [-0.05, 0) is 65.0 Å². The number of hydrogen-bond donors (Lipinski definition) is 2. The first-order valence-corrected chi connectivity index (χ1v) is 11.3. The highest BCUT2D eigenvalue weighted by molar-refractivity contribution is 7.92. The lowest BCUT2D eigenvalue weighted by molar-refractivity contribution is -0.386. The molecule has 0 bridgehead atoms. The van der Waals surface area contributed by atoms with Crippen molar-refractivity contribution in [2.24, 2.45) is 0 Å². The van der Waals surface area contributed by atoms with Crippen LogP contribution in [0, 0.1) is 37.8 Å². The molecule has 1 aromatic carbocycles. The van der Waals surface area contributed by atoms with Crippen molar-refractivity contribution in [3.05, 3.63) is 63.2 Å². The van der Waals surface area contributed by atoms with Gasteiger partial charge >= 0.3 is 5.69 Å². The number of hydrogen-bond acceptors (Lipinski definition) is 8. The number of nitro groups is 1. The molecule has 0 aliphatic heterocycles. The molecule has 0 spiro atoms. The third-order valence-corrected chi connectivity index (χ3v) is 6.20. The van der Waals surface area contributed by atoms with Crippen LogP contribution in [0.1, 0.15) is 35.7 Å². The number of nitrogens with zero attached hydrogens (tertiary/aromatic N) is 5. The number of benzene rings is 1. The largest absolute Gasteiger partial charge is 0.324 e. The molecular weight excluding hydrogens is 450 g/mol. The second-order valence-corrected chi connectivity index (χ2v) is 9.17. The fourth-order valence-electron chi connectivity index (χ4n) is 3.32. The topological polar surface area (TPSA) is 162 Å². The smallest absolute Gasteiger partial charge is 0.312 e. The van der Waals surface area contributed by atoms with Crippen LogP contribution in [0.25, 0.3) is 0 Å². The van der Waals surface area contributed by atoms with Gasteiger partial charge in [0.15, 0.2) is 0 Å². The quantitative estimate of drug-likeness (QED) is 0.391. The van der Waals surface area contributed by atoms with Crippen molar-refractivity contribution in [1.82, 2.24) is 19.7 Å². The number of amides is 1. The van der Waals surface area contributed by atoms with E-state index in [9.17, 15) is 23.3 Å². The van der Waals surface area contributed by atoms with E-state index in [0.717, 1.165) is 0 Å². The molecule has 0 saturated heterocycles. The van der Waals surface area contributed by atoms with Crippen molar-refractivity contribution < 1.29 is 18.1 Å². The minimum atomic E-state index is -3.93. The number of sulfonamides is 1. The van der Waals surface area contributed by atoms with Crippen molar-refractivity contribution in [3.63, 3.8) is 0 Å². The second kappa shape index (κ2) is 8.94. The zero-order valence-electron chi connectivity index (χ0n) is 18.6. The molecule has 174 valence electrons. The molecule has 0 aliphatic rings. The SMILES string of the molecule is Cc1cc(C)nc(NS(=O)(=O)c2ccc(NC(=O)C(C)n3nc(C)c([N+](=O)[O-])c3C)cc2)n1. The van der Waals surface area contributed by atoms with Gasteiger partial charge in [0.25, 0.3) is 10.0 Å². The Hall–Kier alpha value is -3.87. The number of rotatable bonds is 7. The summed E-state index contributed by atoms with van der Waals surface area (Å²) in [5, 5.41) is 18.0. The van der Waals surface area contributed by atoms with Crippen LogP contribution in [0.5, 0.6) is 0 Å². The second-order valence-electron chi connectivity index (χ2n) is 7.49. The Bertz CT molecular complexity index is 1310. The summed E-state index contributed by atoms with van der Waals surface area (Å²) in [6.07, 6.45) is 0. The molecular formula is C20H23N7O5S. The predicted octanol–water partition coefficient (Wildman–Crippen LogP) is 2.82. The van der Waals surface area contributed by atoms with Gasteiger partial charge in [-0.3, -0.25) is 19.6 Å². The van der Waals surface area contributed by atoms with Crippen LogP contribution in [-0.2, 0) is 14.8 Å². The lowest BCUT2D eigenvalue weighted by Crippen LogP contribution is -2.25. The minimum Gasteiger partial charge on any atom is -0.324 e. The number of carbonyl (C=O) groups excluding carboxylic acids is 1. The summed E-state index contributed by atoms with van der Waals surface area (Å²) in [5.74, 6) is -0.495. The van der Waals surface area contributed by atoms with Crippen molar-refractivity contribution in [1.29, 1.82) is 0 Å². The molecule has 3 aromatic rings. The van der Waals surface area contributed by atoms with Crippen molar-refractivity contribution in [2.45, 2.75) is 45.6 Å². The summed E-state index contributed by atoms with van der Waals surface area (Å²) in [7, 11) is -3.93. The Kier molecular flexibility index (Phi) is 6.44. The van der Waals surface area contributed by atoms with Crippen LogP contribution < -0.4 is 10.0 Å². The molecule has 0 radical (unpaired) electrons. The number of aromatic nitrogens is 4. The molecule has 1 amide bonds. The summed E-state index contributed by atoms with van der Waals surface area (Å²) < 4.78 is 28.9. The lowest BCUT2D eigenvalue weighted by Gasteiger charge is -2.14. The van der Waals surface area contributed by atoms with E-state index in [1.807, 2.05) is 0 Å². The highest BCUT2D eigenvalue weighted by Crippen LogP contribution is 2.25. The molecule has 2 N–H and O–H groups in total. The van der Waals surface area contributed by atoms with Crippen LogP contribution in [0.15, 0.2) is 35.2 Å². The zero-order valence-corrected chi connectivity index (χ0v) is 19.5. The number of carbonyl (C=O) groups is 1. The van der Waals surface area contributed by atoms with Gasteiger partial charge in [0.05, 0.1) is 9.82 Å². The van der Waals surface area contributed by atoms with Crippen LogP contribution in [0.3, 0.4) is 0 Å². The molecule has 12 nitrogen and oxygen atoms in total. The maximum Gasteiger partial charge on any atom is 0.312 e. The molecule has 2 heterocycles. The molecule has 33 heavy (non-hydrogen) atoms. The predicted molar refractivity (Wildman–Crippen MR) is 120 cm³/mol. The van der Waals surface area contributed by atoms with Crippen molar-refractivity contribution >= 4 is 33.3 Å². The third kappa shape index (κ3) is 5.14. The van der Waals surface area contributed by atoms with Gasteiger partial charge in [0.1, 0.15) is 17.4 Å². The number of aryl methyl sites for hydroxylation is 3. The first-order valence-electron chi connectivity index (χ1n) is 9.85. The Morgan fingerprint density at radius 2 is 1.67 bits per heavy atom. The van der Waals surface area contributed by atoms with E-state index in [2.05, 4.69) is 25.1 Å². The van der Waals surface area contributed by atoms with E-state index in [4.69, 9.17) is 0 Å². The van der Waals surface area contributed by atoms with Crippen LogP contribution in [0.4, 0.5) is 17.3 Å². The Morgan fingerprint density at radius 1 is 1.09 bits per heavy atom. The Labute approximate surface area is 190 Å². The maximum atomic E-state index is 12.7. The van der Waals surface area contributed by atoms with E-state index in [-0.39, 0.29) is 27.9 Å². The molecule has 2 aromatic heterocycles. The average molecular weight is 474 g/mol. The molecule has 13 heteroatoms. The molecule has 0 fully saturated rings. The third-order valence-electron chi connectivity index (χ3n) is 4.86. The van der Waals surface area contributed by atoms with E-state index in [0.29, 0.717) is 17.1 Å². The molecule has 0 saturated carbocycles. The minimum absolute atomic E-state index is 0.0299. The fourth-order valence-corrected chi connectivity index (χ4v) is 4.27. The fraction of sp³-hybridized carbons (Fsp3) is 0.300. The van der Waals surface area contributed by atoms with Gasteiger partial charge in [-0.1, -0.05) is 0 Å². The highest BCUT2D eigenvalue weighted by Gasteiger charge is 2.27. The molecule has 3 rings (SSSR count). The maximum absolute atomic E-state index is 12.7. The first kappa shape index (κ1) is 23.8. The van der Waals surface area contributed by atoms with E-state index >= 15 is 0 Å². The Balaban J connectivity index is 1.74. The molecule has 0 aliphatic carbocycles. The average Bonchev–Trinajstić information content (AvgIpc) is 3.00. The Morgan fingerprint density at radius 3 is 2.18 bits per heavy atom. The standard InChI is InChI=1S/C20H23N7O5S/c1-11-10-12(2)22-20(21-11)25-33(31,32)17-8-6-16(7-9-17)23-19(28)15(5)26-14(4)18(27(29)30)13(3)24-26/h6-10,15H,1-5H3,(H,23,28)(H,21,22,25). The normalized spacial score (nSPS) is 12.3.